The summed E-state index contributed by atoms with van der Waals surface area (Å²) >= 11 is 0. The molecule has 0 saturated carbocycles. The normalized spacial score (nSPS) is 26.8. The molecule has 1 aliphatic rings. The zero-order valence-electron chi connectivity index (χ0n) is 9.34. The van der Waals surface area contributed by atoms with Crippen molar-refractivity contribution in [3.8, 4) is 6.07 Å². The van der Waals surface area contributed by atoms with Crippen LogP contribution in [0.4, 0.5) is 11.6 Å². The molecule has 1 fully saturated rings. The minimum absolute atomic E-state index is 0.0316. The van der Waals surface area contributed by atoms with Crippen molar-refractivity contribution in [2.75, 3.05) is 23.0 Å². The first-order valence-electron chi connectivity index (χ1n) is 5.04. The summed E-state index contributed by atoms with van der Waals surface area (Å²) in [6.45, 7) is 1.75. The summed E-state index contributed by atoms with van der Waals surface area (Å²) in [5.41, 5.74) is 10.7. The summed E-state index contributed by atoms with van der Waals surface area (Å²) in [6.07, 6.45) is 0.422. The first-order chi connectivity index (χ1) is 7.79. The monoisotopic (exact) mass is 255 g/mol. The fourth-order valence-electron chi connectivity index (χ4n) is 2.14. The molecule has 92 valence electrons. The Morgan fingerprint density at radius 1 is 1.53 bits per heavy atom. The van der Waals surface area contributed by atoms with Crippen molar-refractivity contribution in [2.45, 2.75) is 18.9 Å². The van der Waals surface area contributed by atoms with Gasteiger partial charge in [-0.2, -0.15) is 10.4 Å². The van der Waals surface area contributed by atoms with Crippen LogP contribution in [0.15, 0.2) is 0 Å². The van der Waals surface area contributed by atoms with Crippen LogP contribution in [0.25, 0.3) is 0 Å². The molecule has 0 spiro atoms. The molecule has 7 nitrogen and oxygen atoms in total. The maximum Gasteiger partial charge on any atom is 0.165 e. The summed E-state index contributed by atoms with van der Waals surface area (Å²) in [5, 5.41) is 12.8. The van der Waals surface area contributed by atoms with Crippen LogP contribution in [0.1, 0.15) is 18.9 Å². The first kappa shape index (κ1) is 11.7. The Morgan fingerprint density at radius 2 is 2.18 bits per heavy atom. The van der Waals surface area contributed by atoms with Crippen molar-refractivity contribution in [3.05, 3.63) is 5.56 Å². The molecular weight excluding hydrogens is 242 g/mol. The van der Waals surface area contributed by atoms with Gasteiger partial charge in [-0.15, -0.1) is 0 Å². The Morgan fingerprint density at radius 3 is 2.59 bits per heavy atom. The minimum Gasteiger partial charge on any atom is -0.383 e. The fourth-order valence-corrected chi connectivity index (χ4v) is 4.24. The number of aromatic nitrogens is 2. The standard InChI is InChI=1S/C9H13N5O2S/c1-9(2-3-17(15,16)5-9)14-8(12)6(4-10)7(11)13-14/h2-3,5,12H2,1H3,(H2,11,13). The summed E-state index contributed by atoms with van der Waals surface area (Å²) in [4.78, 5) is 0. The third kappa shape index (κ3) is 1.72. The zero-order valence-corrected chi connectivity index (χ0v) is 10.2. The number of nitriles is 1. The lowest BCUT2D eigenvalue weighted by Gasteiger charge is -2.23. The SMILES string of the molecule is CC1(n2nc(N)c(C#N)c2N)CCS(=O)(=O)C1. The Bertz CT molecular complexity index is 612. The molecule has 2 heterocycles. The quantitative estimate of drug-likeness (QED) is 0.693. The van der Waals surface area contributed by atoms with Gasteiger partial charge in [0.05, 0.1) is 17.0 Å². The molecule has 0 aliphatic carbocycles. The second-order valence-corrected chi connectivity index (χ2v) is 6.69. The lowest BCUT2D eigenvalue weighted by molar-refractivity contribution is 0.335. The molecular formula is C9H13N5O2S. The first-order valence-corrected chi connectivity index (χ1v) is 6.86. The Hall–Kier alpha value is -1.75. The van der Waals surface area contributed by atoms with E-state index in [2.05, 4.69) is 5.10 Å². The van der Waals surface area contributed by atoms with Crippen molar-refractivity contribution in [2.24, 2.45) is 0 Å². The van der Waals surface area contributed by atoms with E-state index in [9.17, 15) is 8.42 Å². The largest absolute Gasteiger partial charge is 0.383 e. The van der Waals surface area contributed by atoms with E-state index in [1.165, 1.54) is 4.68 Å². The van der Waals surface area contributed by atoms with Gasteiger partial charge in [-0.3, -0.25) is 0 Å². The van der Waals surface area contributed by atoms with Crippen LogP contribution in [0, 0.1) is 11.3 Å². The number of nitrogens with zero attached hydrogens (tertiary/aromatic N) is 3. The van der Waals surface area contributed by atoms with E-state index in [1.54, 1.807) is 6.92 Å². The maximum absolute atomic E-state index is 11.5. The van der Waals surface area contributed by atoms with E-state index in [1.807, 2.05) is 6.07 Å². The van der Waals surface area contributed by atoms with E-state index in [4.69, 9.17) is 16.7 Å². The number of sulfone groups is 1. The highest BCUT2D eigenvalue weighted by atomic mass is 32.2. The second kappa shape index (κ2) is 3.37. The molecule has 1 aliphatic heterocycles. The predicted octanol–water partition coefficient (Wildman–Crippen LogP) is -0.547. The van der Waals surface area contributed by atoms with Gasteiger partial charge in [0.15, 0.2) is 15.7 Å². The summed E-state index contributed by atoms with van der Waals surface area (Å²) in [6, 6.07) is 1.86. The summed E-state index contributed by atoms with van der Waals surface area (Å²) in [5.74, 6) is 0.237. The predicted molar refractivity (Wildman–Crippen MR) is 62.7 cm³/mol. The van der Waals surface area contributed by atoms with Gasteiger partial charge in [0.25, 0.3) is 0 Å². The molecule has 4 N–H and O–H groups in total. The van der Waals surface area contributed by atoms with Crippen LogP contribution in [-0.4, -0.2) is 29.7 Å². The molecule has 0 amide bonds. The highest BCUT2D eigenvalue weighted by molar-refractivity contribution is 7.91. The number of anilines is 2. The topological polar surface area (TPSA) is 128 Å². The third-order valence-electron chi connectivity index (χ3n) is 3.05. The number of nitrogens with two attached hydrogens (primary N) is 2. The maximum atomic E-state index is 11.5. The van der Waals surface area contributed by atoms with Crippen LogP contribution >= 0.6 is 0 Å². The highest BCUT2D eigenvalue weighted by Gasteiger charge is 2.42. The van der Waals surface area contributed by atoms with Gasteiger partial charge in [0, 0.05) is 0 Å². The van der Waals surface area contributed by atoms with E-state index in [-0.39, 0.29) is 28.7 Å². The van der Waals surface area contributed by atoms with Gasteiger partial charge >= 0.3 is 0 Å². The third-order valence-corrected chi connectivity index (χ3v) is 4.94. The van der Waals surface area contributed by atoms with E-state index >= 15 is 0 Å². The lowest BCUT2D eigenvalue weighted by Crippen LogP contribution is -2.33. The van der Waals surface area contributed by atoms with Gasteiger partial charge in [-0.1, -0.05) is 0 Å². The molecule has 17 heavy (non-hydrogen) atoms. The molecule has 8 heteroatoms. The number of hydrogen-bond donors (Lipinski definition) is 2. The van der Waals surface area contributed by atoms with Crippen LogP contribution in [0.2, 0.25) is 0 Å². The lowest BCUT2D eigenvalue weighted by atomic mass is 10.0. The molecule has 0 radical (unpaired) electrons. The van der Waals surface area contributed by atoms with Gasteiger partial charge in [0.1, 0.15) is 17.5 Å². The highest BCUT2D eigenvalue weighted by Crippen LogP contribution is 2.34. The molecule has 1 saturated heterocycles. The number of rotatable bonds is 1. The van der Waals surface area contributed by atoms with E-state index < -0.39 is 15.4 Å². The number of nitrogen functional groups attached to an aromatic ring is 2. The van der Waals surface area contributed by atoms with Gasteiger partial charge < -0.3 is 11.5 Å². The minimum atomic E-state index is -3.07. The van der Waals surface area contributed by atoms with Gasteiger partial charge in [0.2, 0.25) is 0 Å². The smallest absolute Gasteiger partial charge is 0.165 e. The molecule has 0 aromatic carbocycles. The fraction of sp³-hybridized carbons (Fsp3) is 0.556. The van der Waals surface area contributed by atoms with Crippen molar-refractivity contribution in [3.63, 3.8) is 0 Å². The van der Waals surface area contributed by atoms with Crippen molar-refractivity contribution < 1.29 is 8.42 Å². The molecule has 2 rings (SSSR count). The van der Waals surface area contributed by atoms with Gasteiger partial charge in [-0.25, -0.2) is 13.1 Å². The molecule has 1 unspecified atom stereocenters. The van der Waals surface area contributed by atoms with Crippen molar-refractivity contribution in [1.82, 2.24) is 9.78 Å². The van der Waals surface area contributed by atoms with Crippen LogP contribution in [-0.2, 0) is 15.4 Å². The number of hydrogen-bond acceptors (Lipinski definition) is 6. The van der Waals surface area contributed by atoms with Gasteiger partial charge in [-0.05, 0) is 13.3 Å². The Labute approximate surface area is 98.9 Å². The van der Waals surface area contributed by atoms with Crippen LogP contribution in [0.5, 0.6) is 0 Å². The average Bonchev–Trinajstić information content (AvgIpc) is 2.66. The average molecular weight is 255 g/mol. The second-order valence-electron chi connectivity index (χ2n) is 4.51. The Kier molecular flexibility index (Phi) is 2.32. The summed E-state index contributed by atoms with van der Waals surface area (Å²) < 4.78 is 24.4. The summed E-state index contributed by atoms with van der Waals surface area (Å²) in [7, 11) is -3.07. The molecule has 0 bridgehead atoms. The Balaban J connectivity index is 2.53. The van der Waals surface area contributed by atoms with Crippen LogP contribution in [0.3, 0.4) is 0 Å². The molecule has 1 aromatic rings. The van der Waals surface area contributed by atoms with Crippen molar-refractivity contribution in [1.29, 1.82) is 5.26 Å². The zero-order chi connectivity index (χ0) is 12.8. The van der Waals surface area contributed by atoms with Crippen molar-refractivity contribution >= 4 is 21.5 Å². The van der Waals surface area contributed by atoms with E-state index in [0.717, 1.165) is 0 Å². The van der Waals surface area contributed by atoms with Crippen LogP contribution < -0.4 is 11.5 Å². The molecule has 1 aromatic heterocycles. The molecule has 1 atom stereocenters. The van der Waals surface area contributed by atoms with E-state index in [0.29, 0.717) is 6.42 Å².